The molecule has 2 aromatic rings. The number of phenols is 2. The van der Waals surface area contributed by atoms with E-state index in [0.717, 1.165) is 18.1 Å². The topological polar surface area (TPSA) is 96.4 Å². The number of esters is 1. The molecule has 0 amide bonds. The number of epoxide rings is 1. The number of aromatic hydroxyl groups is 2. The van der Waals surface area contributed by atoms with Crippen molar-refractivity contribution in [1.29, 1.82) is 0 Å². The van der Waals surface area contributed by atoms with Crippen molar-refractivity contribution in [2.75, 3.05) is 0 Å². The summed E-state index contributed by atoms with van der Waals surface area (Å²) in [5.74, 6) is -1.56. The third-order valence-electron chi connectivity index (χ3n) is 5.44. The largest absolute Gasteiger partial charge is 0.508 e. The van der Waals surface area contributed by atoms with Gasteiger partial charge in [-0.1, -0.05) is 36.4 Å². The van der Waals surface area contributed by atoms with Gasteiger partial charge in [0.05, 0.1) is 12.2 Å². The van der Waals surface area contributed by atoms with Crippen LogP contribution in [0.1, 0.15) is 40.7 Å². The van der Waals surface area contributed by atoms with Gasteiger partial charge in [-0.05, 0) is 36.1 Å². The molecule has 1 fully saturated rings. The van der Waals surface area contributed by atoms with Gasteiger partial charge in [-0.3, -0.25) is 4.79 Å². The van der Waals surface area contributed by atoms with Crippen molar-refractivity contribution in [2.24, 2.45) is 0 Å². The summed E-state index contributed by atoms with van der Waals surface area (Å²) < 4.78 is 11.5. The fourth-order valence-corrected chi connectivity index (χ4v) is 3.93. The van der Waals surface area contributed by atoms with Crippen LogP contribution < -0.4 is 0 Å². The number of cyclic esters (lactones) is 1. The normalized spacial score (nSPS) is 25.4. The fraction of sp³-hybridized carbons (Fsp3) is 0.333. The maximum absolute atomic E-state index is 13.0. The molecule has 156 valence electrons. The Morgan fingerprint density at radius 3 is 2.63 bits per heavy atom. The van der Waals surface area contributed by atoms with Crippen LogP contribution in [0.25, 0.3) is 0 Å². The van der Waals surface area contributed by atoms with Gasteiger partial charge in [-0.2, -0.15) is 0 Å². The molecule has 2 heterocycles. The standard InChI is InChI=1S/C24H24O6/c25-17-8-4-5-9-21-22(30-21)14-19(10-15-6-2-1-3-7-15)29-24(28)23-16(11-17)12-18(26)13-20(23)27/h1-4,6-8,12-13,19,21-22,26-27H,5,9-11,14H2/b8-4+/t19-,21+,22?/m1/s1. The van der Waals surface area contributed by atoms with E-state index in [0.29, 0.717) is 19.3 Å². The molecule has 1 unspecified atom stereocenters. The number of ether oxygens (including phenoxy) is 2. The first-order valence-electron chi connectivity index (χ1n) is 10.1. The zero-order valence-corrected chi connectivity index (χ0v) is 16.5. The molecule has 0 aliphatic carbocycles. The highest BCUT2D eigenvalue weighted by atomic mass is 16.6. The molecule has 1 saturated heterocycles. The average Bonchev–Trinajstić information content (AvgIpc) is 3.42. The zero-order chi connectivity index (χ0) is 21.1. The van der Waals surface area contributed by atoms with Gasteiger partial charge in [0, 0.05) is 25.3 Å². The monoisotopic (exact) mass is 408 g/mol. The molecule has 2 aliphatic rings. The molecule has 0 spiro atoms. The van der Waals surface area contributed by atoms with Crippen molar-refractivity contribution in [1.82, 2.24) is 0 Å². The molecular weight excluding hydrogens is 384 g/mol. The lowest BCUT2D eigenvalue weighted by molar-refractivity contribution is -0.114. The lowest BCUT2D eigenvalue weighted by atomic mass is 9.98. The molecule has 3 atom stereocenters. The molecule has 0 radical (unpaired) electrons. The average molecular weight is 408 g/mol. The highest BCUT2D eigenvalue weighted by Crippen LogP contribution is 2.34. The molecule has 30 heavy (non-hydrogen) atoms. The number of allylic oxidation sites excluding steroid dienone is 2. The lowest BCUT2D eigenvalue weighted by Gasteiger charge is -2.19. The second-order valence-electron chi connectivity index (χ2n) is 7.79. The van der Waals surface area contributed by atoms with Gasteiger partial charge in [0.15, 0.2) is 5.78 Å². The Bertz CT molecular complexity index is 965. The number of carbonyl (C=O) groups excluding carboxylic acids is 2. The summed E-state index contributed by atoms with van der Waals surface area (Å²) in [6.45, 7) is 0. The maximum atomic E-state index is 13.0. The van der Waals surface area contributed by atoms with Crippen molar-refractivity contribution in [3.8, 4) is 11.5 Å². The van der Waals surface area contributed by atoms with Gasteiger partial charge in [-0.15, -0.1) is 0 Å². The number of carbonyl (C=O) groups is 2. The fourth-order valence-electron chi connectivity index (χ4n) is 3.93. The Balaban J connectivity index is 1.65. The Hall–Kier alpha value is -3.12. The maximum Gasteiger partial charge on any atom is 0.342 e. The smallest absolute Gasteiger partial charge is 0.342 e. The van der Waals surface area contributed by atoms with E-state index in [9.17, 15) is 19.8 Å². The molecule has 4 rings (SSSR count). The number of fused-ring (bicyclic) bond motifs is 2. The van der Waals surface area contributed by atoms with Crippen LogP contribution >= 0.6 is 0 Å². The van der Waals surface area contributed by atoms with E-state index in [1.807, 2.05) is 30.3 Å². The Labute approximate surface area is 174 Å². The minimum absolute atomic E-state index is 0.00596. The summed E-state index contributed by atoms with van der Waals surface area (Å²) in [5.41, 5.74) is 1.18. The van der Waals surface area contributed by atoms with Gasteiger partial charge in [0.1, 0.15) is 23.2 Å². The Morgan fingerprint density at radius 1 is 1.03 bits per heavy atom. The number of benzene rings is 2. The summed E-state index contributed by atoms with van der Waals surface area (Å²) >= 11 is 0. The molecule has 2 aromatic carbocycles. The van der Waals surface area contributed by atoms with Gasteiger partial charge in [0.2, 0.25) is 0 Å². The van der Waals surface area contributed by atoms with Crippen LogP contribution in [-0.4, -0.2) is 40.3 Å². The van der Waals surface area contributed by atoms with Gasteiger partial charge in [0.25, 0.3) is 0 Å². The van der Waals surface area contributed by atoms with Crippen molar-refractivity contribution in [3.05, 3.63) is 71.3 Å². The van der Waals surface area contributed by atoms with E-state index in [1.165, 1.54) is 12.1 Å². The van der Waals surface area contributed by atoms with E-state index in [-0.39, 0.29) is 41.3 Å². The second kappa shape index (κ2) is 8.71. The number of rotatable bonds is 2. The van der Waals surface area contributed by atoms with E-state index >= 15 is 0 Å². The van der Waals surface area contributed by atoms with Crippen LogP contribution in [0.2, 0.25) is 0 Å². The van der Waals surface area contributed by atoms with Gasteiger partial charge in [-0.25, -0.2) is 4.79 Å². The van der Waals surface area contributed by atoms with Gasteiger partial charge >= 0.3 is 5.97 Å². The molecular formula is C24H24O6. The number of ketones is 1. The first-order valence-corrected chi connectivity index (χ1v) is 10.1. The Morgan fingerprint density at radius 2 is 1.83 bits per heavy atom. The summed E-state index contributed by atoms with van der Waals surface area (Å²) in [6.07, 6.45) is 5.42. The van der Waals surface area contributed by atoms with E-state index < -0.39 is 17.8 Å². The first-order chi connectivity index (χ1) is 14.5. The summed E-state index contributed by atoms with van der Waals surface area (Å²) in [5, 5.41) is 20.2. The van der Waals surface area contributed by atoms with Crippen molar-refractivity contribution in [2.45, 2.75) is 50.4 Å². The Kier molecular flexibility index (Phi) is 5.86. The van der Waals surface area contributed by atoms with Crippen molar-refractivity contribution < 1.29 is 29.3 Å². The van der Waals surface area contributed by atoms with Crippen LogP contribution in [0.15, 0.2) is 54.6 Å². The minimum atomic E-state index is -0.713. The summed E-state index contributed by atoms with van der Waals surface area (Å²) in [6, 6.07) is 12.1. The molecule has 2 aliphatic heterocycles. The molecule has 0 aromatic heterocycles. The van der Waals surface area contributed by atoms with Crippen LogP contribution in [-0.2, 0) is 27.1 Å². The van der Waals surface area contributed by atoms with Crippen LogP contribution in [0, 0.1) is 0 Å². The third-order valence-corrected chi connectivity index (χ3v) is 5.44. The highest BCUT2D eigenvalue weighted by Gasteiger charge is 2.40. The van der Waals surface area contributed by atoms with Crippen molar-refractivity contribution in [3.63, 3.8) is 0 Å². The second-order valence-corrected chi connectivity index (χ2v) is 7.79. The van der Waals surface area contributed by atoms with Crippen LogP contribution in [0.4, 0.5) is 0 Å². The third kappa shape index (κ3) is 4.89. The number of phenolic OH excluding ortho intramolecular Hbond substituents is 2. The minimum Gasteiger partial charge on any atom is -0.508 e. The first kappa shape index (κ1) is 20.2. The van der Waals surface area contributed by atoms with Crippen molar-refractivity contribution >= 4 is 11.8 Å². The predicted octanol–water partition coefficient (Wildman–Crippen LogP) is 3.49. The predicted molar refractivity (Wildman–Crippen MR) is 109 cm³/mol. The SMILES string of the molecule is O=C1/C=C/CC[C@@H]2OC2C[C@@H](Cc2ccccc2)OC(=O)c2c(O)cc(O)cc2C1. The van der Waals surface area contributed by atoms with E-state index in [1.54, 1.807) is 6.08 Å². The lowest BCUT2D eigenvalue weighted by Crippen LogP contribution is -2.24. The number of hydrogen-bond acceptors (Lipinski definition) is 6. The van der Waals surface area contributed by atoms with E-state index in [2.05, 4.69) is 0 Å². The van der Waals surface area contributed by atoms with Crippen LogP contribution in [0.3, 0.4) is 0 Å². The number of hydrogen-bond donors (Lipinski definition) is 2. The molecule has 0 saturated carbocycles. The quantitative estimate of drug-likeness (QED) is 0.583. The van der Waals surface area contributed by atoms with Gasteiger partial charge < -0.3 is 19.7 Å². The van der Waals surface area contributed by atoms with Crippen LogP contribution in [0.5, 0.6) is 11.5 Å². The highest BCUT2D eigenvalue weighted by molar-refractivity contribution is 5.98. The summed E-state index contributed by atoms with van der Waals surface area (Å²) in [4.78, 5) is 25.3. The zero-order valence-electron chi connectivity index (χ0n) is 16.5. The molecule has 6 heteroatoms. The molecule has 0 bridgehead atoms. The molecule has 6 nitrogen and oxygen atoms in total. The summed E-state index contributed by atoms with van der Waals surface area (Å²) in [7, 11) is 0. The molecule has 2 N–H and O–H groups in total. The van der Waals surface area contributed by atoms with E-state index in [4.69, 9.17) is 9.47 Å².